The van der Waals surface area contributed by atoms with Gasteiger partial charge in [0.2, 0.25) is 0 Å². The summed E-state index contributed by atoms with van der Waals surface area (Å²) in [4.78, 5) is 4.56. The van der Waals surface area contributed by atoms with Crippen LogP contribution in [0.2, 0.25) is 0 Å². The van der Waals surface area contributed by atoms with E-state index in [0.29, 0.717) is 4.99 Å². The van der Waals surface area contributed by atoms with Crippen molar-refractivity contribution in [1.29, 1.82) is 0 Å². The van der Waals surface area contributed by atoms with Gasteiger partial charge in [0, 0.05) is 17.5 Å². The largest absolute Gasteiger partial charge is 1.00 e. The summed E-state index contributed by atoms with van der Waals surface area (Å²) in [6, 6.07) is 3.74. The fourth-order valence-corrected chi connectivity index (χ4v) is 0.952. The molecule has 0 aliphatic rings. The molecule has 0 aliphatic heterocycles. The van der Waals surface area contributed by atoms with E-state index in [9.17, 15) is 0 Å². The van der Waals surface area contributed by atoms with E-state index in [1.165, 1.54) is 0 Å². The van der Waals surface area contributed by atoms with Crippen molar-refractivity contribution in [3.63, 3.8) is 0 Å². The molecule has 2 nitrogen and oxygen atoms in total. The Kier molecular flexibility index (Phi) is 5.66. The molecule has 0 unspecified atom stereocenters. The van der Waals surface area contributed by atoms with Crippen molar-refractivity contribution in [3.05, 3.63) is 29.6 Å². The summed E-state index contributed by atoms with van der Waals surface area (Å²) in [5.41, 5.74) is 7.36. The van der Waals surface area contributed by atoms with Crippen LogP contribution in [-0.4, -0.2) is 9.97 Å². The first kappa shape index (κ1) is 12.0. The Morgan fingerprint density at radius 2 is 2.42 bits per heavy atom. The second-order valence-corrected chi connectivity index (χ2v) is 2.69. The number of nitrogens with two attached hydrogens (primary N) is 1. The number of hydrogen-bond donors (Lipinski definition) is 1. The monoisotopic (exact) mass is 190 g/mol. The molecule has 0 spiro atoms. The molecule has 0 fully saturated rings. The predicted molar refractivity (Wildman–Crippen MR) is 50.6 cm³/mol. The number of rotatable bonds is 2. The third-order valence-corrected chi connectivity index (χ3v) is 1.70. The van der Waals surface area contributed by atoms with Gasteiger partial charge in [-0.15, -0.1) is 0 Å². The molecule has 2 N–H and O–H groups in total. The van der Waals surface area contributed by atoms with Crippen molar-refractivity contribution in [1.82, 2.24) is 4.98 Å². The molecule has 0 atom stereocenters. The maximum Gasteiger partial charge on any atom is 1.00 e. The fraction of sp³-hybridized carbons (Fsp3) is 0.250. The van der Waals surface area contributed by atoms with Gasteiger partial charge in [-0.05, 0) is 18.6 Å². The molecular weight excluding hydrogens is 179 g/mol. The van der Waals surface area contributed by atoms with Crippen LogP contribution >= 0.6 is 12.2 Å². The molecule has 0 aliphatic carbocycles. The zero-order valence-corrected chi connectivity index (χ0v) is 10.2. The first-order valence-electron chi connectivity index (χ1n) is 3.48. The van der Waals surface area contributed by atoms with E-state index in [1.807, 2.05) is 19.1 Å². The molecule has 0 saturated heterocycles. The average molecular weight is 190 g/mol. The zero-order chi connectivity index (χ0) is 8.27. The molecule has 0 radical (unpaired) electrons. The van der Waals surface area contributed by atoms with E-state index in [4.69, 9.17) is 18.0 Å². The number of aromatic nitrogens is 1. The summed E-state index contributed by atoms with van der Waals surface area (Å²) in [7, 11) is 0. The van der Waals surface area contributed by atoms with Gasteiger partial charge in [0.05, 0.1) is 0 Å². The third-order valence-electron chi connectivity index (χ3n) is 1.46. The van der Waals surface area contributed by atoms with Crippen molar-refractivity contribution in [2.45, 2.75) is 13.3 Å². The smallest absolute Gasteiger partial charge is 1.00 e. The minimum absolute atomic E-state index is 0. The van der Waals surface area contributed by atoms with E-state index >= 15 is 0 Å². The van der Waals surface area contributed by atoms with E-state index in [2.05, 4.69) is 4.98 Å². The van der Waals surface area contributed by atoms with Gasteiger partial charge in [0.15, 0.2) is 0 Å². The maximum absolute atomic E-state index is 5.44. The van der Waals surface area contributed by atoms with Crippen LogP contribution in [0.25, 0.3) is 0 Å². The van der Waals surface area contributed by atoms with Crippen molar-refractivity contribution < 1.29 is 31.0 Å². The molecular formula is C8H11N2NaS. The zero-order valence-electron chi connectivity index (χ0n) is 8.37. The summed E-state index contributed by atoms with van der Waals surface area (Å²) >= 11 is 4.82. The van der Waals surface area contributed by atoms with Crippen LogP contribution in [0.1, 0.15) is 19.6 Å². The Bertz CT molecular complexity index is 281. The standard InChI is InChI=1S/C8H10N2S.Na.H/c1-2-7-5-6(8(9)11)3-4-10-7;;/h3-5H,2H2,1H3,(H2,9,11);;/q;+1;-1. The normalized spacial score (nSPS) is 8.75. The van der Waals surface area contributed by atoms with Gasteiger partial charge in [-0.2, -0.15) is 0 Å². The topological polar surface area (TPSA) is 38.9 Å². The van der Waals surface area contributed by atoms with Crippen LogP contribution in [0.15, 0.2) is 18.3 Å². The average Bonchev–Trinajstić information content (AvgIpc) is 2.05. The second-order valence-electron chi connectivity index (χ2n) is 2.25. The van der Waals surface area contributed by atoms with Crippen LogP contribution in [-0.2, 0) is 6.42 Å². The van der Waals surface area contributed by atoms with E-state index in [1.54, 1.807) is 6.20 Å². The summed E-state index contributed by atoms with van der Waals surface area (Å²) in [5.74, 6) is 0. The van der Waals surface area contributed by atoms with E-state index < -0.39 is 0 Å². The van der Waals surface area contributed by atoms with Gasteiger partial charge in [-0.25, -0.2) is 0 Å². The third kappa shape index (κ3) is 3.19. The van der Waals surface area contributed by atoms with Crippen LogP contribution < -0.4 is 35.3 Å². The molecule has 0 bridgehead atoms. The summed E-state index contributed by atoms with van der Waals surface area (Å²) < 4.78 is 0. The minimum atomic E-state index is 0. The van der Waals surface area contributed by atoms with E-state index in [0.717, 1.165) is 17.7 Å². The van der Waals surface area contributed by atoms with Gasteiger partial charge >= 0.3 is 29.6 Å². The number of hydrogen-bond acceptors (Lipinski definition) is 2. The Morgan fingerprint density at radius 3 is 2.92 bits per heavy atom. The molecule has 0 amide bonds. The number of thiocarbonyl (C=S) groups is 1. The Morgan fingerprint density at radius 1 is 1.75 bits per heavy atom. The summed E-state index contributed by atoms with van der Waals surface area (Å²) in [5, 5.41) is 0. The fourth-order valence-electron chi connectivity index (χ4n) is 0.825. The van der Waals surface area contributed by atoms with Crippen LogP contribution in [0.5, 0.6) is 0 Å². The number of nitrogens with zero attached hydrogens (tertiary/aromatic N) is 1. The van der Waals surface area contributed by atoms with Crippen molar-refractivity contribution in [2.24, 2.45) is 5.73 Å². The number of aryl methyl sites for hydroxylation is 1. The van der Waals surface area contributed by atoms with E-state index in [-0.39, 0.29) is 31.0 Å². The van der Waals surface area contributed by atoms with Crippen molar-refractivity contribution in [2.75, 3.05) is 0 Å². The second kappa shape index (κ2) is 5.65. The molecule has 1 aromatic heterocycles. The Labute approximate surface area is 101 Å². The molecule has 1 heterocycles. The molecule has 1 rings (SSSR count). The molecule has 0 saturated carbocycles. The Hall–Kier alpha value is 0.0400. The molecule has 4 heteroatoms. The maximum atomic E-state index is 5.44. The molecule has 0 aromatic carbocycles. The number of pyridine rings is 1. The quantitative estimate of drug-likeness (QED) is 0.451. The van der Waals surface area contributed by atoms with Gasteiger partial charge < -0.3 is 7.16 Å². The van der Waals surface area contributed by atoms with Gasteiger partial charge in [0.25, 0.3) is 0 Å². The Balaban J connectivity index is 0. The van der Waals surface area contributed by atoms with Gasteiger partial charge in [-0.3, -0.25) is 4.98 Å². The summed E-state index contributed by atoms with van der Waals surface area (Å²) in [6.45, 7) is 2.05. The van der Waals surface area contributed by atoms with Crippen LogP contribution in [0.4, 0.5) is 0 Å². The van der Waals surface area contributed by atoms with Crippen LogP contribution in [0.3, 0.4) is 0 Å². The van der Waals surface area contributed by atoms with Gasteiger partial charge in [-0.1, -0.05) is 19.1 Å². The molecule has 1 aromatic rings. The molecule has 60 valence electrons. The SMILES string of the molecule is CCc1cc(C(N)=S)ccn1.[H-].[Na+]. The minimum Gasteiger partial charge on any atom is -1.00 e. The predicted octanol–water partition coefficient (Wildman–Crippen LogP) is -1.61. The van der Waals surface area contributed by atoms with Crippen molar-refractivity contribution in [3.8, 4) is 0 Å². The summed E-state index contributed by atoms with van der Waals surface area (Å²) in [6.07, 6.45) is 2.64. The molecule has 12 heavy (non-hydrogen) atoms. The van der Waals surface area contributed by atoms with Crippen LogP contribution in [0, 0.1) is 0 Å². The van der Waals surface area contributed by atoms with Crippen molar-refractivity contribution >= 4 is 17.2 Å². The first-order chi connectivity index (χ1) is 5.24. The van der Waals surface area contributed by atoms with Gasteiger partial charge in [0.1, 0.15) is 4.99 Å². The first-order valence-corrected chi connectivity index (χ1v) is 3.89.